The zero-order valence-corrected chi connectivity index (χ0v) is 22.3. The monoisotopic (exact) mass is 596 g/mol. The van der Waals surface area contributed by atoms with Gasteiger partial charge in [0.15, 0.2) is 17.3 Å². The van der Waals surface area contributed by atoms with E-state index in [-0.39, 0.29) is 35.0 Å². The quantitative estimate of drug-likeness (QED) is 0.153. The zero-order chi connectivity index (χ0) is 30.8. The molecular weight excluding hydrogens is 568 g/mol. The number of esters is 1. The fraction of sp³-hybridized carbons (Fsp3) is 0.267. The van der Waals surface area contributed by atoms with Gasteiger partial charge in [0, 0.05) is 18.2 Å². The number of phenols is 4. The van der Waals surface area contributed by atoms with Crippen molar-refractivity contribution in [3.63, 3.8) is 0 Å². The van der Waals surface area contributed by atoms with E-state index in [4.69, 9.17) is 18.9 Å². The predicted octanol–water partition coefficient (Wildman–Crippen LogP) is 1.66. The second kappa shape index (κ2) is 12.2. The van der Waals surface area contributed by atoms with E-state index in [1.165, 1.54) is 42.5 Å². The first-order valence-electron chi connectivity index (χ1n) is 13.1. The number of carbonyl (C=O) groups is 2. The van der Waals surface area contributed by atoms with Crippen LogP contribution >= 0.6 is 0 Å². The Labute approximate surface area is 244 Å². The van der Waals surface area contributed by atoms with Gasteiger partial charge in [-0.3, -0.25) is 4.79 Å². The van der Waals surface area contributed by atoms with Gasteiger partial charge in [0.1, 0.15) is 65.7 Å². The molecule has 0 spiro atoms. The number of ether oxygens (including phenoxy) is 4. The molecule has 43 heavy (non-hydrogen) atoms. The van der Waals surface area contributed by atoms with Crippen LogP contribution in [0.3, 0.4) is 0 Å². The predicted molar refractivity (Wildman–Crippen MR) is 146 cm³/mol. The van der Waals surface area contributed by atoms with Crippen molar-refractivity contribution in [3.8, 4) is 34.5 Å². The lowest BCUT2D eigenvalue weighted by Gasteiger charge is -2.39. The molecule has 0 bridgehead atoms. The van der Waals surface area contributed by atoms with Gasteiger partial charge in [-0.2, -0.15) is 0 Å². The van der Waals surface area contributed by atoms with Crippen LogP contribution in [0.25, 0.3) is 6.08 Å². The highest BCUT2D eigenvalue weighted by molar-refractivity contribution is 6.02. The average molecular weight is 597 g/mol. The largest absolute Gasteiger partial charge is 0.508 e. The number of phenolic OH excluding ortho intramolecular Hbond substituents is 4. The zero-order valence-electron chi connectivity index (χ0n) is 22.3. The van der Waals surface area contributed by atoms with Gasteiger partial charge < -0.3 is 54.7 Å². The van der Waals surface area contributed by atoms with Crippen LogP contribution in [0.4, 0.5) is 0 Å². The molecule has 0 aromatic heterocycles. The molecular formula is C30H28O13. The van der Waals surface area contributed by atoms with Crippen molar-refractivity contribution < 1.29 is 64.3 Å². The lowest BCUT2D eigenvalue weighted by molar-refractivity contribution is -0.278. The van der Waals surface area contributed by atoms with Crippen LogP contribution in [-0.2, 0) is 14.3 Å². The summed E-state index contributed by atoms with van der Waals surface area (Å²) in [6.45, 7) is -0.506. The number of Topliss-reactive ketones (excluding diaryl/α,β-unsaturated/α-hetero) is 1. The molecule has 0 aliphatic carbocycles. The third-order valence-corrected chi connectivity index (χ3v) is 6.95. The summed E-state index contributed by atoms with van der Waals surface area (Å²) in [7, 11) is 0. The highest BCUT2D eigenvalue weighted by Gasteiger charge is 2.45. The minimum atomic E-state index is -1.74. The first kappa shape index (κ1) is 29.7. The van der Waals surface area contributed by atoms with E-state index in [0.717, 1.165) is 12.1 Å². The maximum Gasteiger partial charge on any atom is 0.330 e. The molecule has 0 amide bonds. The number of aromatic hydroxyl groups is 4. The summed E-state index contributed by atoms with van der Waals surface area (Å²) in [6, 6.07) is 12.3. The standard InChI is InChI=1S/C30H28O13/c31-16-5-1-14(2-6-16)3-8-25(36)40-13-24-27(37)28(38)29(39)30(43-24)42-21-7-4-15(9-18(21)33)22-12-20(35)26-19(34)10-17(32)11-23(26)41-22/h1-11,22,24,27-34,37-39H,12-13H2/t22-,24+,27+,28-,29+,30+/m0/s1. The lowest BCUT2D eigenvalue weighted by atomic mass is 9.95. The third kappa shape index (κ3) is 6.49. The van der Waals surface area contributed by atoms with Gasteiger partial charge in [-0.1, -0.05) is 18.2 Å². The highest BCUT2D eigenvalue weighted by atomic mass is 16.7. The molecule has 0 saturated carbocycles. The van der Waals surface area contributed by atoms with Crippen LogP contribution in [0.5, 0.6) is 34.5 Å². The molecule has 0 radical (unpaired) electrons. The normalized spacial score (nSPS) is 25.1. The number of rotatable bonds is 7. The van der Waals surface area contributed by atoms with Gasteiger partial charge in [-0.05, 0) is 41.5 Å². The number of carbonyl (C=O) groups excluding carboxylic acids is 2. The Balaban J connectivity index is 1.23. The van der Waals surface area contributed by atoms with Gasteiger partial charge in [0.25, 0.3) is 0 Å². The Bertz CT molecular complexity index is 1530. The smallest absolute Gasteiger partial charge is 0.330 e. The summed E-state index contributed by atoms with van der Waals surface area (Å²) in [5.41, 5.74) is 0.917. The molecule has 2 aliphatic heterocycles. The van der Waals surface area contributed by atoms with Gasteiger partial charge >= 0.3 is 5.97 Å². The first-order chi connectivity index (χ1) is 20.5. The molecule has 13 heteroatoms. The van der Waals surface area contributed by atoms with E-state index < -0.39 is 66.7 Å². The fourth-order valence-electron chi connectivity index (χ4n) is 4.68. The molecule has 3 aromatic rings. The van der Waals surface area contributed by atoms with Crippen molar-refractivity contribution in [1.82, 2.24) is 0 Å². The SMILES string of the molecule is O=C(C=Cc1ccc(O)cc1)OC[C@H]1O[C@@H](Oc2ccc([C@@H]3CC(=O)c4c(O)cc(O)cc4O3)cc2O)[C@H](O)[C@@H](O)[C@@H]1O. The third-order valence-electron chi connectivity index (χ3n) is 6.95. The van der Waals surface area contributed by atoms with Crippen LogP contribution in [0.1, 0.15) is 34.0 Å². The number of hydrogen-bond acceptors (Lipinski definition) is 13. The number of fused-ring (bicyclic) bond motifs is 1. The van der Waals surface area contributed by atoms with Crippen LogP contribution in [0.15, 0.2) is 60.7 Å². The fourth-order valence-corrected chi connectivity index (χ4v) is 4.68. The minimum absolute atomic E-state index is 0.0209. The summed E-state index contributed by atoms with van der Waals surface area (Å²) in [6.07, 6.45) is -6.48. The summed E-state index contributed by atoms with van der Waals surface area (Å²) in [4.78, 5) is 24.8. The van der Waals surface area contributed by atoms with Crippen molar-refractivity contribution in [2.45, 2.75) is 43.2 Å². The summed E-state index contributed by atoms with van der Waals surface area (Å²) < 4.78 is 22.0. The second-order valence-corrected chi connectivity index (χ2v) is 9.99. The number of benzene rings is 3. The van der Waals surface area contributed by atoms with E-state index in [2.05, 4.69) is 0 Å². The van der Waals surface area contributed by atoms with E-state index in [1.807, 2.05) is 0 Å². The molecule has 226 valence electrons. The van der Waals surface area contributed by atoms with Crippen molar-refractivity contribution in [1.29, 1.82) is 0 Å². The number of aliphatic hydroxyl groups is 3. The lowest BCUT2D eigenvalue weighted by Crippen LogP contribution is -2.60. The molecule has 2 aliphatic rings. The number of ketones is 1. The van der Waals surface area contributed by atoms with Gasteiger partial charge in [-0.25, -0.2) is 4.79 Å². The molecule has 13 nitrogen and oxygen atoms in total. The van der Waals surface area contributed by atoms with Gasteiger partial charge in [-0.15, -0.1) is 0 Å². The number of hydrogen-bond donors (Lipinski definition) is 7. The van der Waals surface area contributed by atoms with Crippen LogP contribution in [0, 0.1) is 0 Å². The Morgan fingerprint density at radius 1 is 0.884 bits per heavy atom. The van der Waals surface area contributed by atoms with E-state index in [1.54, 1.807) is 12.1 Å². The molecule has 1 fully saturated rings. The first-order valence-corrected chi connectivity index (χ1v) is 13.1. The van der Waals surface area contributed by atoms with Crippen LogP contribution in [0.2, 0.25) is 0 Å². The summed E-state index contributed by atoms with van der Waals surface area (Å²) >= 11 is 0. The van der Waals surface area contributed by atoms with E-state index >= 15 is 0 Å². The van der Waals surface area contributed by atoms with Gasteiger partial charge in [0.05, 0.1) is 6.42 Å². The Hall–Kier alpha value is -4.82. The van der Waals surface area contributed by atoms with Gasteiger partial charge in [0.2, 0.25) is 6.29 Å². The van der Waals surface area contributed by atoms with Crippen LogP contribution < -0.4 is 9.47 Å². The Morgan fingerprint density at radius 3 is 2.35 bits per heavy atom. The summed E-state index contributed by atoms with van der Waals surface area (Å²) in [5, 5.41) is 70.8. The molecule has 0 unspecified atom stereocenters. The molecule has 5 rings (SSSR count). The molecule has 3 aromatic carbocycles. The highest BCUT2D eigenvalue weighted by Crippen LogP contribution is 2.43. The van der Waals surface area contributed by atoms with Crippen molar-refractivity contribution in [2.75, 3.05) is 6.61 Å². The van der Waals surface area contributed by atoms with Crippen LogP contribution in [-0.4, -0.2) is 84.8 Å². The Kier molecular flexibility index (Phi) is 8.41. The topological polar surface area (TPSA) is 213 Å². The second-order valence-electron chi connectivity index (χ2n) is 9.99. The Morgan fingerprint density at radius 2 is 1.63 bits per heavy atom. The van der Waals surface area contributed by atoms with Crippen molar-refractivity contribution in [3.05, 3.63) is 77.4 Å². The number of aliphatic hydroxyl groups excluding tert-OH is 3. The minimum Gasteiger partial charge on any atom is -0.508 e. The summed E-state index contributed by atoms with van der Waals surface area (Å²) in [5.74, 6) is -2.50. The molecule has 7 N–H and O–H groups in total. The van der Waals surface area contributed by atoms with Crippen molar-refractivity contribution >= 4 is 17.8 Å². The van der Waals surface area contributed by atoms with E-state index in [9.17, 15) is 45.3 Å². The average Bonchev–Trinajstić information content (AvgIpc) is 2.96. The molecule has 2 heterocycles. The van der Waals surface area contributed by atoms with Crippen molar-refractivity contribution in [2.24, 2.45) is 0 Å². The molecule has 6 atom stereocenters. The van der Waals surface area contributed by atoms with E-state index in [0.29, 0.717) is 11.1 Å². The maximum atomic E-state index is 12.6. The maximum absolute atomic E-state index is 12.6. The molecule has 1 saturated heterocycles.